The second-order valence-corrected chi connectivity index (χ2v) is 7.26. The average Bonchev–Trinajstić information content (AvgIpc) is 3.33. The molecule has 2 aromatic carbocycles. The van der Waals surface area contributed by atoms with Crippen LogP contribution in [0.4, 0.5) is 0 Å². The fourth-order valence-electron chi connectivity index (χ4n) is 3.55. The van der Waals surface area contributed by atoms with Crippen LogP contribution in [0.1, 0.15) is 41.2 Å². The molecule has 0 amide bonds. The normalized spacial score (nSPS) is 12.1. The highest BCUT2D eigenvalue weighted by molar-refractivity contribution is 5.55. The Hall–Kier alpha value is -3.41. The van der Waals surface area contributed by atoms with Gasteiger partial charge in [-0.1, -0.05) is 42.4 Å². The molecule has 1 N–H and O–H groups in total. The molecule has 0 spiro atoms. The molecule has 0 saturated heterocycles. The molecule has 29 heavy (non-hydrogen) atoms. The highest BCUT2D eigenvalue weighted by Gasteiger charge is 2.18. The lowest BCUT2D eigenvalue weighted by Gasteiger charge is -2.08. The van der Waals surface area contributed by atoms with E-state index in [-0.39, 0.29) is 5.92 Å². The first-order valence-corrected chi connectivity index (χ1v) is 9.71. The summed E-state index contributed by atoms with van der Waals surface area (Å²) in [6.07, 6.45) is 0.673. The van der Waals surface area contributed by atoms with Crippen molar-refractivity contribution in [1.82, 2.24) is 20.3 Å². The minimum Gasteiger partial charge on any atom is -0.489 e. The van der Waals surface area contributed by atoms with Crippen LogP contribution in [0.25, 0.3) is 11.4 Å². The molecule has 0 aliphatic heterocycles. The molecule has 6 nitrogen and oxygen atoms in total. The van der Waals surface area contributed by atoms with Crippen LogP contribution in [-0.2, 0) is 13.0 Å². The predicted octanol–water partition coefficient (Wildman–Crippen LogP) is 5.00. The minimum absolute atomic E-state index is 0.246. The second kappa shape index (κ2) is 8.31. The van der Waals surface area contributed by atoms with Crippen LogP contribution in [0.2, 0.25) is 0 Å². The SMILES string of the molecule is Cc1n[nH]c(C)c1[C@@H](C)Cc1nc(-c2ccc(OCc3ccccc3)cc2)no1. The molecule has 2 aromatic heterocycles. The Morgan fingerprint density at radius 2 is 1.79 bits per heavy atom. The summed E-state index contributed by atoms with van der Waals surface area (Å²) in [5.74, 6) is 2.26. The summed E-state index contributed by atoms with van der Waals surface area (Å²) < 4.78 is 11.3. The molecule has 4 aromatic rings. The van der Waals surface area contributed by atoms with Crippen molar-refractivity contribution in [2.24, 2.45) is 0 Å². The van der Waals surface area contributed by atoms with Crippen molar-refractivity contribution in [3.63, 3.8) is 0 Å². The number of hydrogen-bond acceptors (Lipinski definition) is 5. The van der Waals surface area contributed by atoms with Crippen LogP contribution in [-0.4, -0.2) is 20.3 Å². The number of H-pyrrole nitrogens is 1. The highest BCUT2D eigenvalue weighted by atomic mass is 16.5. The van der Waals surface area contributed by atoms with Gasteiger partial charge in [0.25, 0.3) is 0 Å². The number of nitrogens with one attached hydrogen (secondary N) is 1. The van der Waals surface area contributed by atoms with E-state index in [9.17, 15) is 0 Å². The van der Waals surface area contributed by atoms with Gasteiger partial charge in [-0.2, -0.15) is 10.1 Å². The van der Waals surface area contributed by atoms with E-state index in [1.165, 1.54) is 5.56 Å². The van der Waals surface area contributed by atoms with Crippen LogP contribution in [0.15, 0.2) is 59.1 Å². The zero-order valence-corrected chi connectivity index (χ0v) is 16.8. The van der Waals surface area contributed by atoms with Crippen molar-refractivity contribution in [3.8, 4) is 17.1 Å². The van der Waals surface area contributed by atoms with Gasteiger partial charge in [0.1, 0.15) is 12.4 Å². The largest absolute Gasteiger partial charge is 0.489 e. The lowest BCUT2D eigenvalue weighted by atomic mass is 9.96. The van der Waals surface area contributed by atoms with Gasteiger partial charge in [0.15, 0.2) is 0 Å². The molecule has 6 heteroatoms. The summed E-state index contributed by atoms with van der Waals surface area (Å²) >= 11 is 0. The van der Waals surface area contributed by atoms with Gasteiger partial charge >= 0.3 is 0 Å². The van der Waals surface area contributed by atoms with Gasteiger partial charge in [-0.15, -0.1) is 0 Å². The summed E-state index contributed by atoms with van der Waals surface area (Å²) in [6, 6.07) is 17.8. The molecule has 0 aliphatic rings. The molecule has 2 heterocycles. The third kappa shape index (κ3) is 4.37. The molecule has 0 aliphatic carbocycles. The zero-order chi connectivity index (χ0) is 20.2. The van der Waals surface area contributed by atoms with E-state index in [1.54, 1.807) is 0 Å². The Kier molecular flexibility index (Phi) is 5.42. The topological polar surface area (TPSA) is 76.8 Å². The van der Waals surface area contributed by atoms with Crippen molar-refractivity contribution in [2.45, 2.75) is 39.7 Å². The predicted molar refractivity (Wildman–Crippen MR) is 111 cm³/mol. The average molecular weight is 388 g/mol. The van der Waals surface area contributed by atoms with Crippen molar-refractivity contribution < 1.29 is 9.26 Å². The first kappa shape index (κ1) is 18.9. The van der Waals surface area contributed by atoms with E-state index >= 15 is 0 Å². The van der Waals surface area contributed by atoms with Gasteiger partial charge in [0, 0.05) is 17.7 Å². The maximum absolute atomic E-state index is 5.83. The molecule has 4 rings (SSSR count). The van der Waals surface area contributed by atoms with E-state index in [2.05, 4.69) is 27.3 Å². The Labute approximate surface area is 169 Å². The lowest BCUT2D eigenvalue weighted by molar-refractivity contribution is 0.306. The number of ether oxygens (including phenoxy) is 1. The second-order valence-electron chi connectivity index (χ2n) is 7.26. The van der Waals surface area contributed by atoms with Crippen LogP contribution in [0.3, 0.4) is 0 Å². The summed E-state index contributed by atoms with van der Waals surface area (Å²) in [6.45, 7) is 6.73. The Morgan fingerprint density at radius 1 is 1.03 bits per heavy atom. The van der Waals surface area contributed by atoms with Crippen LogP contribution in [0.5, 0.6) is 5.75 Å². The van der Waals surface area contributed by atoms with Crippen LogP contribution in [0, 0.1) is 13.8 Å². The number of hydrogen-bond donors (Lipinski definition) is 1. The van der Waals surface area contributed by atoms with Gasteiger partial charge in [-0.3, -0.25) is 5.10 Å². The van der Waals surface area contributed by atoms with Gasteiger partial charge in [0.2, 0.25) is 11.7 Å². The van der Waals surface area contributed by atoms with Gasteiger partial charge < -0.3 is 9.26 Å². The number of nitrogens with zero attached hydrogens (tertiary/aromatic N) is 3. The molecule has 0 radical (unpaired) electrons. The molecular weight excluding hydrogens is 364 g/mol. The third-order valence-corrected chi connectivity index (χ3v) is 4.99. The van der Waals surface area contributed by atoms with Crippen molar-refractivity contribution in [3.05, 3.63) is 83.0 Å². The van der Waals surface area contributed by atoms with Crippen LogP contribution < -0.4 is 4.74 Å². The Morgan fingerprint density at radius 3 is 2.48 bits per heavy atom. The maximum Gasteiger partial charge on any atom is 0.227 e. The zero-order valence-electron chi connectivity index (χ0n) is 16.8. The molecule has 0 saturated carbocycles. The quantitative estimate of drug-likeness (QED) is 0.482. The summed E-state index contributed by atoms with van der Waals surface area (Å²) in [7, 11) is 0. The van der Waals surface area contributed by atoms with E-state index in [1.807, 2.05) is 68.4 Å². The minimum atomic E-state index is 0.246. The number of rotatable bonds is 7. The summed E-state index contributed by atoms with van der Waals surface area (Å²) in [4.78, 5) is 4.56. The monoisotopic (exact) mass is 388 g/mol. The fraction of sp³-hybridized carbons (Fsp3) is 0.261. The lowest BCUT2D eigenvalue weighted by Crippen LogP contribution is -2.01. The van der Waals surface area contributed by atoms with Gasteiger partial charge in [-0.25, -0.2) is 0 Å². The summed E-state index contributed by atoms with van der Waals surface area (Å²) in [5.41, 5.74) is 5.35. The molecule has 1 atom stereocenters. The third-order valence-electron chi connectivity index (χ3n) is 4.99. The van der Waals surface area contributed by atoms with Gasteiger partial charge in [0.05, 0.1) is 5.69 Å². The number of aromatic amines is 1. The fourth-order valence-corrected chi connectivity index (χ4v) is 3.55. The highest BCUT2D eigenvalue weighted by Crippen LogP contribution is 2.26. The maximum atomic E-state index is 5.83. The molecule has 0 fully saturated rings. The first-order chi connectivity index (χ1) is 14.1. The summed E-state index contributed by atoms with van der Waals surface area (Å²) in [5, 5.41) is 11.4. The van der Waals surface area contributed by atoms with E-state index in [0.717, 1.165) is 28.3 Å². The van der Waals surface area contributed by atoms with Gasteiger partial charge in [-0.05, 0) is 55.2 Å². The number of aromatic nitrogens is 4. The van der Waals surface area contributed by atoms with Crippen molar-refractivity contribution in [1.29, 1.82) is 0 Å². The molecular formula is C23H24N4O2. The number of aryl methyl sites for hydroxylation is 2. The van der Waals surface area contributed by atoms with Crippen LogP contribution >= 0.6 is 0 Å². The smallest absolute Gasteiger partial charge is 0.227 e. The van der Waals surface area contributed by atoms with E-state index in [4.69, 9.17) is 9.26 Å². The van der Waals surface area contributed by atoms with Crippen molar-refractivity contribution in [2.75, 3.05) is 0 Å². The standard InChI is InChI=1S/C23H24N4O2/c1-15(22-16(2)25-26-17(22)3)13-21-24-23(27-29-21)19-9-11-20(12-10-19)28-14-18-7-5-4-6-8-18/h4-12,15H,13-14H2,1-3H3,(H,25,26)/t15-/m0/s1. The molecule has 148 valence electrons. The first-order valence-electron chi connectivity index (χ1n) is 9.71. The molecule has 0 unspecified atom stereocenters. The Balaban J connectivity index is 1.40. The van der Waals surface area contributed by atoms with E-state index in [0.29, 0.717) is 24.7 Å². The molecule has 0 bridgehead atoms. The Bertz CT molecular complexity index is 1050. The van der Waals surface area contributed by atoms with Crippen molar-refractivity contribution >= 4 is 0 Å². The van der Waals surface area contributed by atoms with E-state index < -0.39 is 0 Å². The number of benzene rings is 2.